The summed E-state index contributed by atoms with van der Waals surface area (Å²) in [6, 6.07) is 25.9. The number of alkyl halides is 5. The van der Waals surface area contributed by atoms with Gasteiger partial charge in [-0.25, -0.2) is 4.79 Å². The number of esters is 1. The van der Waals surface area contributed by atoms with Crippen molar-refractivity contribution in [2.45, 2.75) is 57.7 Å². The summed E-state index contributed by atoms with van der Waals surface area (Å²) >= 11 is 0. The maximum Gasteiger partial charge on any atom is 0.426 e. The summed E-state index contributed by atoms with van der Waals surface area (Å²) in [5.74, 6) is -0.282. The molecule has 0 unspecified atom stereocenters. The molecule has 0 spiro atoms. The zero-order chi connectivity index (χ0) is 36.2. The number of halogens is 5. The van der Waals surface area contributed by atoms with Gasteiger partial charge in [0.25, 0.3) is 0 Å². The normalized spacial score (nSPS) is 12.2. The molecule has 0 aliphatic heterocycles. The smallest absolute Gasteiger partial charge is 0.426 e. The topological polar surface area (TPSA) is 96.8 Å². The molecule has 0 amide bonds. The first-order valence-electron chi connectivity index (χ1n) is 16.2. The molecule has 0 saturated heterocycles. The molecule has 0 saturated carbocycles. The van der Waals surface area contributed by atoms with Gasteiger partial charge in [0.1, 0.15) is 11.5 Å². The summed E-state index contributed by atoms with van der Waals surface area (Å²) in [4.78, 5) is 12.7. The summed E-state index contributed by atoms with van der Waals surface area (Å²) in [6.45, 7) is 2.38. The van der Waals surface area contributed by atoms with E-state index in [2.05, 4.69) is 0 Å². The molecule has 0 fully saturated rings. The Bertz CT molecular complexity index is 1630. The van der Waals surface area contributed by atoms with E-state index in [9.17, 15) is 26.7 Å². The van der Waals surface area contributed by atoms with E-state index in [0.717, 1.165) is 11.1 Å². The number of carbonyl (C=O) groups excluding carboxylic acids is 1. The third-order valence-electron chi connectivity index (χ3n) is 7.89. The van der Waals surface area contributed by atoms with Crippen molar-refractivity contribution >= 4 is 23.4 Å². The number of nitrogens with two attached hydrogens (primary N) is 2. The van der Waals surface area contributed by atoms with Gasteiger partial charge in [-0.1, -0.05) is 43.3 Å². The van der Waals surface area contributed by atoms with Crippen molar-refractivity contribution in [1.82, 2.24) is 0 Å². The van der Waals surface area contributed by atoms with Gasteiger partial charge in [0.15, 0.2) is 0 Å². The number of carbonyl (C=O) groups is 1. The van der Waals surface area contributed by atoms with Crippen molar-refractivity contribution in [3.8, 4) is 11.5 Å². The minimum absolute atomic E-state index is 0.0251. The van der Waals surface area contributed by atoms with Crippen LogP contribution in [-0.4, -0.2) is 25.4 Å². The van der Waals surface area contributed by atoms with Crippen LogP contribution < -0.4 is 20.9 Å². The quantitative estimate of drug-likeness (QED) is 0.0375. The Labute approximate surface area is 288 Å². The molecular formula is C39H41F5N2O4. The molecule has 50 heavy (non-hydrogen) atoms. The second-order valence-corrected chi connectivity index (χ2v) is 12.6. The standard InChI is InChI=1S/C39H41F5N2O4/c1-37(25-29-7-14-32(45)15-8-29,26-30-9-16-33(46)17-10-30)27-49-36(47)22-11-28-5-12-31(13-6-28)39(43,44)50-35-20-18-34(19-21-35)48-24-4-2-3-23-38(40,41)42/h5-22H,2-4,23-27,45-46H2,1H3/b22-11+. The predicted molar refractivity (Wildman–Crippen MR) is 185 cm³/mol. The zero-order valence-corrected chi connectivity index (χ0v) is 27.7. The van der Waals surface area contributed by atoms with Gasteiger partial charge in [0, 0.05) is 29.3 Å². The number of ether oxygens (including phenoxy) is 3. The predicted octanol–water partition coefficient (Wildman–Crippen LogP) is 9.53. The summed E-state index contributed by atoms with van der Waals surface area (Å²) < 4.78 is 82.6. The lowest BCUT2D eigenvalue weighted by molar-refractivity contribution is -0.185. The minimum atomic E-state index is -4.17. The van der Waals surface area contributed by atoms with Gasteiger partial charge < -0.3 is 25.7 Å². The second-order valence-electron chi connectivity index (χ2n) is 12.6. The van der Waals surface area contributed by atoms with Crippen LogP contribution in [0.1, 0.15) is 54.9 Å². The molecule has 0 heterocycles. The third kappa shape index (κ3) is 12.8. The summed E-state index contributed by atoms with van der Waals surface area (Å²) in [5, 5.41) is 0. The van der Waals surface area contributed by atoms with E-state index < -0.39 is 35.7 Å². The maximum atomic E-state index is 14.9. The fraction of sp³-hybridized carbons (Fsp3) is 0.308. The van der Waals surface area contributed by atoms with Crippen LogP contribution in [0.25, 0.3) is 6.08 Å². The largest absolute Gasteiger partial charge is 0.494 e. The van der Waals surface area contributed by atoms with E-state index in [1.807, 2.05) is 55.5 Å². The Morgan fingerprint density at radius 2 is 1.24 bits per heavy atom. The lowest BCUT2D eigenvalue weighted by atomic mass is 9.79. The Hall–Kier alpha value is -5.06. The molecule has 0 aliphatic rings. The van der Waals surface area contributed by atoms with E-state index in [1.165, 1.54) is 60.7 Å². The highest BCUT2D eigenvalue weighted by Gasteiger charge is 2.34. The van der Waals surface area contributed by atoms with Crippen LogP contribution in [-0.2, 0) is 28.5 Å². The molecule has 4 N–H and O–H groups in total. The van der Waals surface area contributed by atoms with Crippen LogP contribution in [0.15, 0.2) is 103 Å². The van der Waals surface area contributed by atoms with Crippen molar-refractivity contribution in [3.05, 3.63) is 125 Å². The molecule has 6 nitrogen and oxygen atoms in total. The SMILES string of the molecule is CC(COC(=O)/C=C/c1ccc(C(F)(F)Oc2ccc(OCCCCCC(F)(F)F)cc2)cc1)(Cc1ccc(N)cc1)Cc1ccc(N)cc1. The van der Waals surface area contributed by atoms with Crippen LogP contribution in [0.4, 0.5) is 33.3 Å². The van der Waals surface area contributed by atoms with Gasteiger partial charge in [-0.3, -0.25) is 0 Å². The number of unbranched alkanes of at least 4 members (excludes halogenated alkanes) is 2. The molecule has 0 atom stereocenters. The van der Waals surface area contributed by atoms with Gasteiger partial charge in [-0.2, -0.15) is 22.0 Å². The second kappa shape index (κ2) is 17.0. The zero-order valence-electron chi connectivity index (χ0n) is 27.7. The molecule has 0 radical (unpaired) electrons. The van der Waals surface area contributed by atoms with E-state index in [4.69, 9.17) is 25.7 Å². The van der Waals surface area contributed by atoms with Crippen molar-refractivity contribution in [2.24, 2.45) is 5.41 Å². The molecule has 11 heteroatoms. The van der Waals surface area contributed by atoms with Crippen molar-refractivity contribution in [1.29, 1.82) is 0 Å². The highest BCUT2D eigenvalue weighted by molar-refractivity contribution is 5.87. The average Bonchev–Trinajstić information content (AvgIpc) is 3.07. The first-order valence-corrected chi connectivity index (χ1v) is 16.2. The molecule has 0 aliphatic carbocycles. The molecule has 4 aromatic rings. The number of hydrogen-bond acceptors (Lipinski definition) is 6. The number of benzene rings is 4. The molecular weight excluding hydrogens is 655 g/mol. The first-order chi connectivity index (χ1) is 23.7. The number of anilines is 2. The Morgan fingerprint density at radius 3 is 1.78 bits per heavy atom. The van der Waals surface area contributed by atoms with Crippen molar-refractivity contribution in [2.75, 3.05) is 24.7 Å². The van der Waals surface area contributed by atoms with Crippen molar-refractivity contribution in [3.63, 3.8) is 0 Å². The van der Waals surface area contributed by atoms with Gasteiger partial charge in [0.2, 0.25) is 0 Å². The van der Waals surface area contributed by atoms with Crippen molar-refractivity contribution < 1.29 is 41.0 Å². The van der Waals surface area contributed by atoms with E-state index >= 15 is 0 Å². The number of hydrogen-bond donors (Lipinski definition) is 2. The monoisotopic (exact) mass is 696 g/mol. The Kier molecular flexibility index (Phi) is 12.9. The first kappa shape index (κ1) is 37.8. The lowest BCUT2D eigenvalue weighted by Gasteiger charge is -2.29. The van der Waals surface area contributed by atoms with Gasteiger partial charge in [0.05, 0.1) is 18.8 Å². The van der Waals surface area contributed by atoms with E-state index in [0.29, 0.717) is 48.4 Å². The lowest BCUT2D eigenvalue weighted by Crippen LogP contribution is -2.30. The third-order valence-corrected chi connectivity index (χ3v) is 7.89. The molecule has 266 valence electrons. The van der Waals surface area contributed by atoms with Crippen LogP contribution >= 0.6 is 0 Å². The van der Waals surface area contributed by atoms with Crippen LogP contribution in [0.2, 0.25) is 0 Å². The van der Waals surface area contributed by atoms with Gasteiger partial charge in [-0.05, 0) is 116 Å². The van der Waals surface area contributed by atoms with Crippen LogP contribution in [0.5, 0.6) is 11.5 Å². The van der Waals surface area contributed by atoms with Crippen LogP contribution in [0.3, 0.4) is 0 Å². The summed E-state index contributed by atoms with van der Waals surface area (Å²) in [6.07, 6.45) is -3.84. The fourth-order valence-corrected chi connectivity index (χ4v) is 5.27. The molecule has 0 bridgehead atoms. The van der Waals surface area contributed by atoms with Crippen LogP contribution in [0, 0.1) is 5.41 Å². The highest BCUT2D eigenvalue weighted by atomic mass is 19.4. The fourth-order valence-electron chi connectivity index (χ4n) is 5.27. The van der Waals surface area contributed by atoms with E-state index in [1.54, 1.807) is 0 Å². The molecule has 4 aromatic carbocycles. The number of nitrogen functional groups attached to an aromatic ring is 2. The van der Waals surface area contributed by atoms with Gasteiger partial charge >= 0.3 is 18.3 Å². The molecule has 0 aromatic heterocycles. The Morgan fingerprint density at radius 1 is 0.700 bits per heavy atom. The minimum Gasteiger partial charge on any atom is -0.494 e. The maximum absolute atomic E-state index is 14.9. The highest BCUT2D eigenvalue weighted by Crippen LogP contribution is 2.33. The molecule has 4 rings (SSSR count). The van der Waals surface area contributed by atoms with Gasteiger partial charge in [-0.15, -0.1) is 0 Å². The Balaban J connectivity index is 1.28. The average molecular weight is 697 g/mol. The number of rotatable bonds is 17. The van der Waals surface area contributed by atoms with E-state index in [-0.39, 0.29) is 25.4 Å². The summed E-state index contributed by atoms with van der Waals surface area (Å²) in [5.41, 5.74) is 14.8. The summed E-state index contributed by atoms with van der Waals surface area (Å²) in [7, 11) is 0.